The lowest BCUT2D eigenvalue weighted by Crippen LogP contribution is -2.34. The molecule has 0 saturated carbocycles. The Labute approximate surface area is 129 Å². The van der Waals surface area contributed by atoms with E-state index in [0.29, 0.717) is 17.2 Å². The van der Waals surface area contributed by atoms with E-state index < -0.39 is 5.97 Å². The third-order valence-electron chi connectivity index (χ3n) is 2.69. The molecule has 2 aromatic heterocycles. The largest absolute Gasteiger partial charge is 0.477 e. The Bertz CT molecular complexity index is 665. The van der Waals surface area contributed by atoms with Crippen molar-refractivity contribution in [1.29, 1.82) is 0 Å². The van der Waals surface area contributed by atoms with Crippen molar-refractivity contribution >= 4 is 34.7 Å². The molecular formula is C12H14N4O3S2. The molecule has 0 spiro atoms. The van der Waals surface area contributed by atoms with E-state index in [1.54, 1.807) is 12.4 Å². The molecule has 0 aromatic carbocycles. The number of nitrogens with one attached hydrogen (secondary N) is 2. The van der Waals surface area contributed by atoms with Crippen LogP contribution in [0.25, 0.3) is 0 Å². The second-order valence-corrected chi connectivity index (χ2v) is 6.25. The van der Waals surface area contributed by atoms with Gasteiger partial charge in [0.2, 0.25) is 0 Å². The van der Waals surface area contributed by atoms with Crippen molar-refractivity contribution in [2.75, 3.05) is 0 Å². The number of rotatable bonds is 5. The number of hydrogen-bond acceptors (Lipinski definition) is 6. The topological polar surface area (TPSA) is 104 Å². The number of carbonyl (C=O) groups excluding carboxylic acids is 1. The number of nitrogens with zero attached hydrogens (tertiary/aromatic N) is 2. The lowest BCUT2D eigenvalue weighted by molar-refractivity contribution is 0.0701. The van der Waals surface area contributed by atoms with Crippen LogP contribution < -0.4 is 10.6 Å². The fourth-order valence-electron chi connectivity index (χ4n) is 1.60. The minimum absolute atomic E-state index is 0.201. The summed E-state index contributed by atoms with van der Waals surface area (Å²) in [4.78, 5) is 32.0. The molecule has 0 aliphatic carbocycles. The van der Waals surface area contributed by atoms with Crippen LogP contribution in [-0.4, -0.2) is 27.1 Å². The molecule has 0 unspecified atom stereocenters. The molecule has 0 atom stereocenters. The van der Waals surface area contributed by atoms with Crippen molar-refractivity contribution in [2.24, 2.45) is 0 Å². The number of aromatic nitrogens is 2. The highest BCUT2D eigenvalue weighted by molar-refractivity contribution is 7.13. The minimum Gasteiger partial charge on any atom is -0.477 e. The zero-order chi connectivity index (χ0) is 15.4. The molecule has 2 aromatic rings. The van der Waals surface area contributed by atoms with Gasteiger partial charge in [-0.3, -0.25) is 0 Å². The summed E-state index contributed by atoms with van der Waals surface area (Å²) >= 11 is 2.55. The van der Waals surface area contributed by atoms with Gasteiger partial charge in [0.25, 0.3) is 0 Å². The zero-order valence-electron chi connectivity index (χ0n) is 11.5. The third kappa shape index (κ3) is 3.99. The van der Waals surface area contributed by atoms with Gasteiger partial charge in [-0.2, -0.15) is 0 Å². The van der Waals surface area contributed by atoms with Gasteiger partial charge in [-0.15, -0.1) is 22.7 Å². The van der Waals surface area contributed by atoms with E-state index >= 15 is 0 Å². The number of amides is 2. The highest BCUT2D eigenvalue weighted by Gasteiger charge is 2.14. The molecular weight excluding hydrogens is 312 g/mol. The zero-order valence-corrected chi connectivity index (χ0v) is 13.1. The smallest absolute Gasteiger partial charge is 0.347 e. The van der Waals surface area contributed by atoms with Crippen LogP contribution in [0.5, 0.6) is 0 Å². The monoisotopic (exact) mass is 326 g/mol. The molecule has 0 saturated heterocycles. The van der Waals surface area contributed by atoms with Crippen LogP contribution >= 0.6 is 22.7 Å². The van der Waals surface area contributed by atoms with Gasteiger partial charge in [-0.1, -0.05) is 0 Å². The van der Waals surface area contributed by atoms with Gasteiger partial charge in [-0.05, 0) is 13.8 Å². The van der Waals surface area contributed by atoms with Crippen LogP contribution in [0.15, 0.2) is 5.51 Å². The number of carboxylic acids is 1. The number of urea groups is 1. The van der Waals surface area contributed by atoms with Gasteiger partial charge in [0, 0.05) is 4.88 Å². The summed E-state index contributed by atoms with van der Waals surface area (Å²) in [7, 11) is 0. The van der Waals surface area contributed by atoms with Crippen molar-refractivity contribution < 1.29 is 14.7 Å². The first kappa shape index (κ1) is 15.4. The highest BCUT2D eigenvalue weighted by atomic mass is 32.1. The fourth-order valence-corrected chi connectivity index (χ4v) is 3.16. The standard InChI is InChI=1S/C12H14N4O3S2/c1-6-8(20-5-15-6)3-13-12(19)14-4-9-16-7(2)10(21-9)11(17)18/h5H,3-4H2,1-2H3,(H,17,18)(H2,13,14,19). The molecule has 21 heavy (non-hydrogen) atoms. The SMILES string of the molecule is Cc1ncsc1CNC(=O)NCc1nc(C)c(C(=O)O)s1. The highest BCUT2D eigenvalue weighted by Crippen LogP contribution is 2.17. The number of carboxylic acid groups (broad SMARTS) is 1. The molecule has 2 heterocycles. The van der Waals surface area contributed by atoms with E-state index in [1.165, 1.54) is 11.3 Å². The molecule has 9 heteroatoms. The third-order valence-corrected chi connectivity index (χ3v) is 4.77. The maximum absolute atomic E-state index is 11.7. The van der Waals surface area contributed by atoms with E-state index in [1.807, 2.05) is 6.92 Å². The number of aryl methyl sites for hydroxylation is 2. The molecule has 0 radical (unpaired) electrons. The number of hydrogen-bond donors (Lipinski definition) is 3. The summed E-state index contributed by atoms with van der Waals surface area (Å²) in [5.41, 5.74) is 3.10. The van der Waals surface area contributed by atoms with E-state index in [2.05, 4.69) is 20.6 Å². The predicted molar refractivity (Wildman–Crippen MR) is 79.7 cm³/mol. The van der Waals surface area contributed by atoms with E-state index in [9.17, 15) is 9.59 Å². The second kappa shape index (κ2) is 6.64. The van der Waals surface area contributed by atoms with Gasteiger partial charge in [0.1, 0.15) is 9.88 Å². The Kier molecular flexibility index (Phi) is 4.86. The van der Waals surface area contributed by atoms with Gasteiger partial charge in [0.05, 0.1) is 30.0 Å². The summed E-state index contributed by atoms with van der Waals surface area (Å²) in [6.07, 6.45) is 0. The Balaban J connectivity index is 1.82. The Morgan fingerprint density at radius 3 is 2.52 bits per heavy atom. The first-order valence-corrected chi connectivity index (χ1v) is 7.77. The quantitative estimate of drug-likeness (QED) is 0.778. The Morgan fingerprint density at radius 1 is 1.24 bits per heavy atom. The Hall–Kier alpha value is -2.00. The molecule has 3 N–H and O–H groups in total. The van der Waals surface area contributed by atoms with Crippen LogP contribution in [0.4, 0.5) is 4.79 Å². The van der Waals surface area contributed by atoms with Crippen LogP contribution in [0.1, 0.15) is 30.9 Å². The van der Waals surface area contributed by atoms with Crippen molar-refractivity contribution in [3.05, 3.63) is 31.7 Å². The molecule has 7 nitrogen and oxygen atoms in total. The number of carbonyl (C=O) groups is 2. The van der Waals surface area contributed by atoms with Crippen molar-refractivity contribution in [3.63, 3.8) is 0 Å². The normalized spacial score (nSPS) is 10.4. The van der Waals surface area contributed by atoms with Crippen molar-refractivity contribution in [1.82, 2.24) is 20.6 Å². The van der Waals surface area contributed by atoms with Crippen LogP contribution in [-0.2, 0) is 13.1 Å². The lowest BCUT2D eigenvalue weighted by atomic mass is 10.4. The maximum atomic E-state index is 11.7. The molecule has 2 amide bonds. The summed E-state index contributed by atoms with van der Waals surface area (Å²) < 4.78 is 0. The fraction of sp³-hybridized carbons (Fsp3) is 0.333. The molecule has 2 rings (SSSR count). The van der Waals surface area contributed by atoms with E-state index in [-0.39, 0.29) is 17.5 Å². The van der Waals surface area contributed by atoms with Crippen molar-refractivity contribution in [3.8, 4) is 0 Å². The van der Waals surface area contributed by atoms with Crippen LogP contribution in [0, 0.1) is 13.8 Å². The van der Waals surface area contributed by atoms with Gasteiger partial charge >= 0.3 is 12.0 Å². The van der Waals surface area contributed by atoms with Crippen LogP contribution in [0.2, 0.25) is 0 Å². The average Bonchev–Trinajstić information content (AvgIpc) is 3.00. The summed E-state index contributed by atoms with van der Waals surface area (Å²) in [5.74, 6) is -0.999. The number of aromatic carboxylic acids is 1. The second-order valence-electron chi connectivity index (χ2n) is 4.22. The first-order chi connectivity index (χ1) is 9.97. The molecule has 112 valence electrons. The molecule has 0 bridgehead atoms. The van der Waals surface area contributed by atoms with Crippen molar-refractivity contribution in [2.45, 2.75) is 26.9 Å². The minimum atomic E-state index is -0.999. The van der Waals surface area contributed by atoms with Crippen LogP contribution in [0.3, 0.4) is 0 Å². The summed E-state index contributed by atoms with van der Waals surface area (Å²) in [6, 6.07) is -0.326. The van der Waals surface area contributed by atoms with Gasteiger partial charge in [0.15, 0.2) is 0 Å². The van der Waals surface area contributed by atoms with E-state index in [0.717, 1.165) is 21.9 Å². The first-order valence-electron chi connectivity index (χ1n) is 6.07. The number of thiazole rings is 2. The molecule has 0 aliphatic rings. The molecule has 0 fully saturated rings. The van der Waals surface area contributed by atoms with E-state index in [4.69, 9.17) is 5.11 Å². The summed E-state index contributed by atoms with van der Waals surface area (Å²) in [5, 5.41) is 14.9. The lowest BCUT2D eigenvalue weighted by Gasteiger charge is -2.05. The predicted octanol–water partition coefficient (Wildman–Crippen LogP) is 1.91. The maximum Gasteiger partial charge on any atom is 0.347 e. The Morgan fingerprint density at radius 2 is 1.95 bits per heavy atom. The van der Waals surface area contributed by atoms with Gasteiger partial charge < -0.3 is 15.7 Å². The summed E-state index contributed by atoms with van der Waals surface area (Å²) in [6.45, 7) is 4.14. The molecule has 0 aliphatic heterocycles. The van der Waals surface area contributed by atoms with Gasteiger partial charge in [-0.25, -0.2) is 19.6 Å². The average molecular weight is 326 g/mol.